The first-order valence-corrected chi connectivity index (χ1v) is 6.18. The number of benzene rings is 1. The van der Waals surface area contributed by atoms with E-state index < -0.39 is 11.9 Å². The Labute approximate surface area is 123 Å². The highest BCUT2D eigenvalue weighted by Crippen LogP contribution is 2.26. The molecule has 0 saturated carbocycles. The number of carboxylic acid groups (broad SMARTS) is 2. The van der Waals surface area contributed by atoms with E-state index in [-0.39, 0.29) is 17.1 Å². The molecule has 0 unspecified atom stereocenters. The maximum absolute atomic E-state index is 11.5. The minimum Gasteiger partial charge on any atom is -0.478 e. The van der Waals surface area contributed by atoms with E-state index in [9.17, 15) is 14.7 Å². The van der Waals surface area contributed by atoms with Crippen LogP contribution in [0.2, 0.25) is 0 Å². The first-order valence-electron chi connectivity index (χ1n) is 6.18. The molecule has 0 aliphatic rings. The lowest BCUT2D eigenvalue weighted by molar-refractivity contribution is 0.0687. The first-order chi connectivity index (χ1) is 10.5. The van der Waals surface area contributed by atoms with Gasteiger partial charge in [-0.05, 0) is 23.8 Å². The van der Waals surface area contributed by atoms with Crippen molar-refractivity contribution < 1.29 is 19.8 Å². The highest BCUT2D eigenvalue weighted by Gasteiger charge is 2.16. The van der Waals surface area contributed by atoms with E-state index in [0.717, 1.165) is 0 Å². The number of carboxylic acids is 2. The Balaban J connectivity index is 2.28. The van der Waals surface area contributed by atoms with Crippen LogP contribution in [-0.2, 0) is 0 Å². The van der Waals surface area contributed by atoms with E-state index in [1.807, 2.05) is 0 Å². The normalized spacial score (nSPS) is 10.7. The topological polar surface area (TPSA) is 131 Å². The SMILES string of the molecule is Nc1nc2cc(C(=O)O)c(-c3cccc(C(=O)O)c3)cn2n1. The van der Waals surface area contributed by atoms with Gasteiger partial charge in [-0.1, -0.05) is 12.1 Å². The molecule has 0 aliphatic heterocycles. The second-order valence-corrected chi connectivity index (χ2v) is 4.56. The van der Waals surface area contributed by atoms with Crippen LogP contribution >= 0.6 is 0 Å². The minimum absolute atomic E-state index is 0.0116. The zero-order chi connectivity index (χ0) is 15.9. The van der Waals surface area contributed by atoms with E-state index in [0.29, 0.717) is 16.8 Å². The van der Waals surface area contributed by atoms with Crippen molar-refractivity contribution in [1.29, 1.82) is 0 Å². The van der Waals surface area contributed by atoms with Crippen molar-refractivity contribution in [1.82, 2.24) is 14.6 Å². The van der Waals surface area contributed by atoms with Gasteiger partial charge in [0.2, 0.25) is 5.95 Å². The van der Waals surface area contributed by atoms with Gasteiger partial charge in [-0.2, -0.15) is 4.98 Å². The summed E-state index contributed by atoms with van der Waals surface area (Å²) in [4.78, 5) is 26.4. The predicted molar refractivity (Wildman–Crippen MR) is 76.8 cm³/mol. The summed E-state index contributed by atoms with van der Waals surface area (Å²) in [5.74, 6) is -2.22. The Morgan fingerprint density at radius 3 is 2.59 bits per heavy atom. The highest BCUT2D eigenvalue weighted by atomic mass is 16.4. The summed E-state index contributed by atoms with van der Waals surface area (Å²) < 4.78 is 1.35. The van der Waals surface area contributed by atoms with Crippen LogP contribution in [0.5, 0.6) is 0 Å². The molecule has 4 N–H and O–H groups in total. The molecule has 110 valence electrons. The van der Waals surface area contributed by atoms with Gasteiger partial charge >= 0.3 is 11.9 Å². The molecule has 3 aromatic rings. The van der Waals surface area contributed by atoms with Gasteiger partial charge in [0, 0.05) is 11.8 Å². The largest absolute Gasteiger partial charge is 0.478 e. The number of carbonyl (C=O) groups is 2. The number of pyridine rings is 1. The van der Waals surface area contributed by atoms with Crippen LogP contribution in [0.15, 0.2) is 36.5 Å². The van der Waals surface area contributed by atoms with E-state index in [4.69, 9.17) is 10.8 Å². The summed E-state index contributed by atoms with van der Waals surface area (Å²) in [5, 5.41) is 22.3. The van der Waals surface area contributed by atoms with E-state index in [1.54, 1.807) is 12.1 Å². The van der Waals surface area contributed by atoms with Gasteiger partial charge in [0.15, 0.2) is 5.65 Å². The Kier molecular flexibility index (Phi) is 2.99. The zero-order valence-corrected chi connectivity index (χ0v) is 11.1. The number of nitrogen functional groups attached to an aromatic ring is 1. The van der Waals surface area contributed by atoms with Crippen LogP contribution in [0, 0.1) is 0 Å². The lowest BCUT2D eigenvalue weighted by Gasteiger charge is -2.07. The third-order valence-corrected chi connectivity index (χ3v) is 3.14. The summed E-state index contributed by atoms with van der Waals surface area (Å²) >= 11 is 0. The lowest BCUT2D eigenvalue weighted by Crippen LogP contribution is -2.03. The monoisotopic (exact) mass is 298 g/mol. The fraction of sp³-hybridized carbons (Fsp3) is 0. The molecule has 0 fully saturated rings. The molecule has 0 amide bonds. The van der Waals surface area contributed by atoms with Crippen LogP contribution in [-0.4, -0.2) is 36.7 Å². The van der Waals surface area contributed by atoms with E-state index in [2.05, 4.69) is 10.1 Å². The predicted octanol–water partition coefficient (Wildman–Crippen LogP) is 1.37. The molecule has 0 spiro atoms. The number of hydrogen-bond donors (Lipinski definition) is 3. The smallest absolute Gasteiger partial charge is 0.336 e. The van der Waals surface area contributed by atoms with Gasteiger partial charge in [-0.25, -0.2) is 14.1 Å². The molecule has 0 atom stereocenters. The Morgan fingerprint density at radius 2 is 1.91 bits per heavy atom. The van der Waals surface area contributed by atoms with Crippen LogP contribution in [0.1, 0.15) is 20.7 Å². The van der Waals surface area contributed by atoms with Crippen molar-refractivity contribution in [3.63, 3.8) is 0 Å². The summed E-state index contributed by atoms with van der Waals surface area (Å²) in [6.07, 6.45) is 1.46. The second kappa shape index (κ2) is 4.85. The van der Waals surface area contributed by atoms with Crippen molar-refractivity contribution in [3.05, 3.63) is 47.7 Å². The number of fused-ring (bicyclic) bond motifs is 1. The number of aromatic carboxylic acids is 2. The molecule has 3 rings (SSSR count). The molecule has 8 nitrogen and oxygen atoms in total. The number of hydrogen-bond acceptors (Lipinski definition) is 5. The summed E-state index contributed by atoms with van der Waals surface area (Å²) in [7, 11) is 0. The van der Waals surface area contributed by atoms with Gasteiger partial charge in [-0.3, -0.25) is 0 Å². The van der Waals surface area contributed by atoms with Crippen molar-refractivity contribution >= 4 is 23.5 Å². The lowest BCUT2D eigenvalue weighted by atomic mass is 10.00. The molecular formula is C14H10N4O4. The van der Waals surface area contributed by atoms with E-state index >= 15 is 0 Å². The Hall–Kier alpha value is -3.42. The molecule has 0 saturated heterocycles. The molecule has 8 heteroatoms. The van der Waals surface area contributed by atoms with E-state index in [1.165, 1.54) is 28.9 Å². The molecule has 0 aliphatic carbocycles. The standard InChI is InChI=1S/C14H10N4O4/c15-14-16-11-5-9(13(21)22)10(6-18(11)17-14)7-2-1-3-8(4-7)12(19)20/h1-6H,(H2,15,17)(H,19,20)(H,21,22). The van der Waals surface area contributed by atoms with Crippen molar-refractivity contribution in [2.75, 3.05) is 5.73 Å². The van der Waals surface area contributed by atoms with Gasteiger partial charge in [-0.15, -0.1) is 5.10 Å². The number of aromatic nitrogens is 3. The molecule has 0 radical (unpaired) electrons. The first kappa shape index (κ1) is 13.6. The third-order valence-electron chi connectivity index (χ3n) is 3.14. The quantitative estimate of drug-likeness (QED) is 0.665. The van der Waals surface area contributed by atoms with Crippen LogP contribution < -0.4 is 5.73 Å². The van der Waals surface area contributed by atoms with Crippen LogP contribution in [0.25, 0.3) is 16.8 Å². The molecular weight excluding hydrogens is 288 g/mol. The Bertz CT molecular complexity index is 916. The third kappa shape index (κ3) is 2.22. The summed E-state index contributed by atoms with van der Waals surface area (Å²) in [5.41, 5.74) is 6.63. The molecule has 1 aromatic carbocycles. The summed E-state index contributed by atoms with van der Waals surface area (Å²) in [6, 6.07) is 7.34. The number of anilines is 1. The maximum atomic E-state index is 11.5. The maximum Gasteiger partial charge on any atom is 0.336 e. The average Bonchev–Trinajstić information content (AvgIpc) is 2.85. The van der Waals surface area contributed by atoms with Crippen LogP contribution in [0.4, 0.5) is 5.95 Å². The number of nitrogens with zero attached hydrogens (tertiary/aromatic N) is 3. The van der Waals surface area contributed by atoms with Gasteiger partial charge in [0.25, 0.3) is 0 Å². The second-order valence-electron chi connectivity index (χ2n) is 4.56. The highest BCUT2D eigenvalue weighted by molar-refractivity contribution is 5.98. The van der Waals surface area contributed by atoms with Gasteiger partial charge < -0.3 is 15.9 Å². The molecule has 0 bridgehead atoms. The zero-order valence-electron chi connectivity index (χ0n) is 11.1. The fourth-order valence-electron chi connectivity index (χ4n) is 2.17. The molecule has 22 heavy (non-hydrogen) atoms. The minimum atomic E-state index is -1.15. The summed E-state index contributed by atoms with van der Waals surface area (Å²) in [6.45, 7) is 0. The molecule has 2 heterocycles. The van der Waals surface area contributed by atoms with Gasteiger partial charge in [0.05, 0.1) is 11.1 Å². The van der Waals surface area contributed by atoms with Crippen LogP contribution in [0.3, 0.4) is 0 Å². The fourth-order valence-corrected chi connectivity index (χ4v) is 2.17. The van der Waals surface area contributed by atoms with Crippen molar-refractivity contribution in [2.45, 2.75) is 0 Å². The average molecular weight is 298 g/mol. The number of nitrogens with two attached hydrogens (primary N) is 1. The molecule has 2 aromatic heterocycles. The Morgan fingerprint density at radius 1 is 1.14 bits per heavy atom. The van der Waals surface area contributed by atoms with Crippen molar-refractivity contribution in [2.24, 2.45) is 0 Å². The van der Waals surface area contributed by atoms with Gasteiger partial charge in [0.1, 0.15) is 0 Å². The number of rotatable bonds is 3. The van der Waals surface area contributed by atoms with Crippen molar-refractivity contribution in [3.8, 4) is 11.1 Å².